The summed E-state index contributed by atoms with van der Waals surface area (Å²) < 4.78 is 13.0. The molecule has 0 radical (unpaired) electrons. The zero-order chi connectivity index (χ0) is 16.1. The van der Waals surface area contributed by atoms with Crippen molar-refractivity contribution >= 4 is 23.4 Å². The van der Waals surface area contributed by atoms with E-state index in [0.717, 1.165) is 5.56 Å². The van der Waals surface area contributed by atoms with Crippen LogP contribution in [-0.4, -0.2) is 31.8 Å². The number of nitrogens with zero attached hydrogens (tertiary/aromatic N) is 3. The Hall–Kier alpha value is -2.74. The van der Waals surface area contributed by atoms with Crippen LogP contribution in [0.1, 0.15) is 0 Å². The number of hydrogen-bond donors (Lipinski definition) is 2. The van der Waals surface area contributed by atoms with Gasteiger partial charge in [0.25, 0.3) is 0 Å². The number of anilines is 1. The zero-order valence-electron chi connectivity index (χ0n) is 11.9. The SMILES string of the molecule is O=C(CSc1n[nH]c(-c2ccncc2)n1)Nc1cccc(F)c1. The molecule has 2 heterocycles. The monoisotopic (exact) mass is 329 g/mol. The molecular formula is C15H12FN5OS. The van der Waals surface area contributed by atoms with E-state index in [-0.39, 0.29) is 11.7 Å². The molecule has 0 aliphatic rings. The number of nitrogens with one attached hydrogen (secondary N) is 2. The van der Waals surface area contributed by atoms with Gasteiger partial charge in [0, 0.05) is 23.6 Å². The number of amides is 1. The molecule has 0 atom stereocenters. The highest BCUT2D eigenvalue weighted by atomic mass is 32.2. The molecule has 1 amide bonds. The van der Waals surface area contributed by atoms with Crippen molar-refractivity contribution in [2.24, 2.45) is 0 Å². The number of aromatic amines is 1. The molecule has 0 fully saturated rings. The Morgan fingerprint density at radius 2 is 2.09 bits per heavy atom. The van der Waals surface area contributed by atoms with E-state index in [0.29, 0.717) is 16.7 Å². The maximum Gasteiger partial charge on any atom is 0.234 e. The summed E-state index contributed by atoms with van der Waals surface area (Å²) in [5.41, 5.74) is 1.28. The van der Waals surface area contributed by atoms with Gasteiger partial charge in [0.1, 0.15) is 5.82 Å². The Balaban J connectivity index is 1.56. The standard InChI is InChI=1S/C15H12FN5OS/c16-11-2-1-3-12(8-11)18-13(22)9-23-15-19-14(20-21-15)10-4-6-17-7-5-10/h1-8H,9H2,(H,18,22)(H,19,20,21). The minimum Gasteiger partial charge on any atom is -0.325 e. The number of hydrogen-bond acceptors (Lipinski definition) is 5. The first-order valence-electron chi connectivity index (χ1n) is 6.72. The smallest absolute Gasteiger partial charge is 0.234 e. The Bertz CT molecular complexity index is 808. The summed E-state index contributed by atoms with van der Waals surface area (Å²) >= 11 is 1.19. The van der Waals surface area contributed by atoms with Gasteiger partial charge in [0.2, 0.25) is 11.1 Å². The molecular weight excluding hydrogens is 317 g/mol. The average Bonchev–Trinajstić information content (AvgIpc) is 3.03. The van der Waals surface area contributed by atoms with Crippen LogP contribution in [0.15, 0.2) is 53.9 Å². The molecule has 3 rings (SSSR count). The first-order valence-corrected chi connectivity index (χ1v) is 7.70. The lowest BCUT2D eigenvalue weighted by molar-refractivity contribution is -0.113. The van der Waals surface area contributed by atoms with Crippen molar-refractivity contribution < 1.29 is 9.18 Å². The number of benzene rings is 1. The number of thioether (sulfide) groups is 1. The second-order valence-corrected chi connectivity index (χ2v) is 5.49. The topological polar surface area (TPSA) is 83.6 Å². The summed E-state index contributed by atoms with van der Waals surface area (Å²) in [5, 5.41) is 9.95. The van der Waals surface area contributed by atoms with Gasteiger partial charge in [-0.25, -0.2) is 9.37 Å². The summed E-state index contributed by atoms with van der Waals surface area (Å²) in [7, 11) is 0. The second-order valence-electron chi connectivity index (χ2n) is 4.55. The lowest BCUT2D eigenvalue weighted by atomic mass is 10.3. The highest BCUT2D eigenvalue weighted by Crippen LogP contribution is 2.18. The van der Waals surface area contributed by atoms with Crippen molar-refractivity contribution in [3.05, 3.63) is 54.6 Å². The van der Waals surface area contributed by atoms with E-state index in [2.05, 4.69) is 25.5 Å². The number of halogens is 1. The Kier molecular flexibility index (Phi) is 4.62. The Labute approximate surface area is 135 Å². The van der Waals surface area contributed by atoms with Crippen LogP contribution in [0.3, 0.4) is 0 Å². The van der Waals surface area contributed by atoms with Gasteiger partial charge in [0.15, 0.2) is 5.82 Å². The Morgan fingerprint density at radius 1 is 1.26 bits per heavy atom. The number of carbonyl (C=O) groups is 1. The lowest BCUT2D eigenvalue weighted by Crippen LogP contribution is -2.14. The average molecular weight is 329 g/mol. The fourth-order valence-electron chi connectivity index (χ4n) is 1.84. The van der Waals surface area contributed by atoms with Crippen LogP contribution in [0.25, 0.3) is 11.4 Å². The first-order chi connectivity index (χ1) is 11.2. The van der Waals surface area contributed by atoms with Crippen LogP contribution >= 0.6 is 11.8 Å². The predicted octanol–water partition coefficient (Wildman–Crippen LogP) is 2.74. The van der Waals surface area contributed by atoms with E-state index in [1.54, 1.807) is 18.5 Å². The summed E-state index contributed by atoms with van der Waals surface area (Å²) in [4.78, 5) is 20.1. The molecule has 2 aromatic heterocycles. The molecule has 116 valence electrons. The fourth-order valence-corrected chi connectivity index (χ4v) is 2.44. The Morgan fingerprint density at radius 3 is 2.87 bits per heavy atom. The quantitative estimate of drug-likeness (QED) is 0.703. The van der Waals surface area contributed by atoms with Crippen molar-refractivity contribution in [1.29, 1.82) is 0 Å². The van der Waals surface area contributed by atoms with Gasteiger partial charge in [-0.1, -0.05) is 17.8 Å². The van der Waals surface area contributed by atoms with E-state index < -0.39 is 5.82 Å². The third-order valence-electron chi connectivity index (χ3n) is 2.86. The largest absolute Gasteiger partial charge is 0.325 e. The number of carbonyl (C=O) groups excluding carboxylic acids is 1. The molecule has 0 spiro atoms. The zero-order valence-corrected chi connectivity index (χ0v) is 12.7. The van der Waals surface area contributed by atoms with E-state index >= 15 is 0 Å². The minimum atomic E-state index is -0.397. The molecule has 0 saturated heterocycles. The predicted molar refractivity (Wildman–Crippen MR) is 85.4 cm³/mol. The third kappa shape index (κ3) is 4.13. The molecule has 1 aromatic carbocycles. The van der Waals surface area contributed by atoms with Crippen LogP contribution in [0.5, 0.6) is 0 Å². The van der Waals surface area contributed by atoms with Crippen molar-refractivity contribution in [3.63, 3.8) is 0 Å². The number of aromatic nitrogens is 4. The van der Waals surface area contributed by atoms with Gasteiger partial charge < -0.3 is 5.32 Å². The number of rotatable bonds is 5. The third-order valence-corrected chi connectivity index (χ3v) is 3.71. The fraction of sp³-hybridized carbons (Fsp3) is 0.0667. The summed E-state index contributed by atoms with van der Waals surface area (Å²) in [6.07, 6.45) is 3.33. The first kappa shape index (κ1) is 15.2. The van der Waals surface area contributed by atoms with Crippen LogP contribution < -0.4 is 5.32 Å². The van der Waals surface area contributed by atoms with Gasteiger partial charge in [-0.05, 0) is 30.3 Å². The van der Waals surface area contributed by atoms with Crippen molar-refractivity contribution in [1.82, 2.24) is 20.2 Å². The van der Waals surface area contributed by atoms with Crippen molar-refractivity contribution in [2.45, 2.75) is 5.16 Å². The van der Waals surface area contributed by atoms with Crippen LogP contribution in [-0.2, 0) is 4.79 Å². The molecule has 0 aliphatic heterocycles. The molecule has 0 aliphatic carbocycles. The molecule has 6 nitrogen and oxygen atoms in total. The highest BCUT2D eigenvalue weighted by molar-refractivity contribution is 7.99. The van der Waals surface area contributed by atoms with Gasteiger partial charge >= 0.3 is 0 Å². The molecule has 8 heteroatoms. The minimum absolute atomic E-state index is 0.129. The van der Waals surface area contributed by atoms with E-state index in [1.807, 2.05) is 12.1 Å². The highest BCUT2D eigenvalue weighted by Gasteiger charge is 2.09. The van der Waals surface area contributed by atoms with E-state index in [9.17, 15) is 9.18 Å². The van der Waals surface area contributed by atoms with Crippen LogP contribution in [0, 0.1) is 5.82 Å². The van der Waals surface area contributed by atoms with Crippen molar-refractivity contribution in [2.75, 3.05) is 11.1 Å². The van der Waals surface area contributed by atoms with Gasteiger partial charge in [-0.3, -0.25) is 14.9 Å². The van der Waals surface area contributed by atoms with Gasteiger partial charge in [0.05, 0.1) is 5.75 Å². The van der Waals surface area contributed by atoms with Gasteiger partial charge in [-0.2, -0.15) is 0 Å². The van der Waals surface area contributed by atoms with Gasteiger partial charge in [-0.15, -0.1) is 5.10 Å². The summed E-state index contributed by atoms with van der Waals surface area (Å²) in [5.74, 6) is 0.0900. The van der Waals surface area contributed by atoms with E-state index in [1.165, 1.54) is 30.0 Å². The number of H-pyrrole nitrogens is 1. The molecule has 0 saturated carbocycles. The summed E-state index contributed by atoms with van der Waals surface area (Å²) in [6, 6.07) is 9.36. The normalized spacial score (nSPS) is 10.5. The maximum absolute atomic E-state index is 13.0. The maximum atomic E-state index is 13.0. The lowest BCUT2D eigenvalue weighted by Gasteiger charge is -2.03. The molecule has 0 unspecified atom stereocenters. The summed E-state index contributed by atoms with van der Waals surface area (Å²) in [6.45, 7) is 0. The second kappa shape index (κ2) is 7.01. The number of pyridine rings is 1. The molecule has 23 heavy (non-hydrogen) atoms. The molecule has 3 aromatic rings. The molecule has 0 bridgehead atoms. The van der Waals surface area contributed by atoms with Crippen molar-refractivity contribution in [3.8, 4) is 11.4 Å². The van der Waals surface area contributed by atoms with E-state index in [4.69, 9.17) is 0 Å². The van der Waals surface area contributed by atoms with Crippen LogP contribution in [0.4, 0.5) is 10.1 Å². The molecule has 2 N–H and O–H groups in total. The van der Waals surface area contributed by atoms with Crippen LogP contribution in [0.2, 0.25) is 0 Å².